The van der Waals surface area contributed by atoms with Crippen LogP contribution < -0.4 is 5.56 Å². The van der Waals surface area contributed by atoms with Crippen molar-refractivity contribution in [1.82, 2.24) is 19.9 Å². The monoisotopic (exact) mass is 374 g/mol. The lowest BCUT2D eigenvalue weighted by atomic mass is 10.2. The number of thiophene rings is 2. The number of nitrogens with zero attached hydrogens (tertiary/aromatic N) is 3. The molecule has 0 saturated carbocycles. The first kappa shape index (κ1) is 15.7. The first-order chi connectivity index (χ1) is 11.5. The van der Waals surface area contributed by atoms with E-state index in [1.807, 2.05) is 32.2 Å². The first-order valence-electron chi connectivity index (χ1n) is 7.39. The molecule has 122 valence electrons. The van der Waals surface area contributed by atoms with Crippen molar-refractivity contribution in [2.75, 3.05) is 0 Å². The van der Waals surface area contributed by atoms with Crippen molar-refractivity contribution in [3.05, 3.63) is 44.4 Å². The topological polar surface area (TPSA) is 71.5 Å². The van der Waals surface area contributed by atoms with E-state index in [1.165, 1.54) is 0 Å². The van der Waals surface area contributed by atoms with Crippen molar-refractivity contribution in [3.8, 4) is 0 Å². The highest BCUT2D eigenvalue weighted by molar-refractivity contribution is 7.99. The van der Waals surface area contributed by atoms with Gasteiger partial charge in [0, 0.05) is 10.3 Å². The molecule has 4 aromatic rings. The Kier molecular flexibility index (Phi) is 3.90. The highest BCUT2D eigenvalue weighted by atomic mass is 32.2. The molecule has 0 aromatic carbocycles. The molecule has 5 nitrogen and oxygen atoms in total. The van der Waals surface area contributed by atoms with Crippen LogP contribution in [0.1, 0.15) is 28.4 Å². The van der Waals surface area contributed by atoms with Crippen LogP contribution >= 0.6 is 34.4 Å². The lowest BCUT2D eigenvalue weighted by Gasteiger charge is -2.10. The minimum absolute atomic E-state index is 0.0113. The van der Waals surface area contributed by atoms with Gasteiger partial charge in [-0.25, -0.2) is 15.0 Å². The minimum atomic E-state index is -0.0623. The smallest absolute Gasteiger partial charge is 0.259 e. The van der Waals surface area contributed by atoms with Crippen LogP contribution in [-0.4, -0.2) is 19.9 Å². The maximum absolute atomic E-state index is 12.4. The number of aromatic amines is 1. The molecule has 0 spiro atoms. The summed E-state index contributed by atoms with van der Waals surface area (Å²) in [5, 5.41) is 4.67. The minimum Gasteiger partial charge on any atom is -0.309 e. The molecule has 0 amide bonds. The standard InChI is InChI=1S/C16H14N4OS3/c1-7-8(2)23-16-11(7)13(21)19-12(20-16)9(3)24-15-10-4-5-22-14(10)17-6-18-15/h4-6,9H,1-3H3,(H,19,20,21). The summed E-state index contributed by atoms with van der Waals surface area (Å²) in [5.74, 6) is 0.681. The number of aromatic nitrogens is 4. The molecular weight excluding hydrogens is 360 g/mol. The summed E-state index contributed by atoms with van der Waals surface area (Å²) in [6.07, 6.45) is 1.58. The van der Waals surface area contributed by atoms with Crippen LogP contribution in [-0.2, 0) is 0 Å². The number of rotatable bonds is 3. The van der Waals surface area contributed by atoms with Gasteiger partial charge in [-0.2, -0.15) is 0 Å². The lowest BCUT2D eigenvalue weighted by Crippen LogP contribution is -2.12. The normalized spacial score (nSPS) is 13.0. The fourth-order valence-electron chi connectivity index (χ4n) is 2.55. The first-order valence-corrected chi connectivity index (χ1v) is 9.97. The van der Waals surface area contributed by atoms with Crippen LogP contribution in [0.3, 0.4) is 0 Å². The van der Waals surface area contributed by atoms with Gasteiger partial charge in [0.25, 0.3) is 5.56 Å². The Balaban J connectivity index is 1.74. The molecule has 24 heavy (non-hydrogen) atoms. The molecule has 4 rings (SSSR count). The molecule has 8 heteroatoms. The molecule has 0 fully saturated rings. The number of aryl methyl sites for hydroxylation is 2. The quantitative estimate of drug-likeness (QED) is 0.423. The molecule has 0 aliphatic carbocycles. The molecule has 4 aromatic heterocycles. The molecular formula is C16H14N4OS3. The van der Waals surface area contributed by atoms with Gasteiger partial charge in [0.15, 0.2) is 0 Å². The number of hydrogen-bond donors (Lipinski definition) is 1. The van der Waals surface area contributed by atoms with Gasteiger partial charge in [-0.05, 0) is 37.8 Å². The summed E-state index contributed by atoms with van der Waals surface area (Å²) < 4.78 is 0. The van der Waals surface area contributed by atoms with Gasteiger partial charge in [0.05, 0.1) is 10.6 Å². The summed E-state index contributed by atoms with van der Waals surface area (Å²) in [7, 11) is 0. The number of hydrogen-bond acceptors (Lipinski definition) is 7. The van der Waals surface area contributed by atoms with Crippen LogP contribution in [0.15, 0.2) is 27.6 Å². The van der Waals surface area contributed by atoms with Crippen molar-refractivity contribution in [1.29, 1.82) is 0 Å². The van der Waals surface area contributed by atoms with Gasteiger partial charge < -0.3 is 4.98 Å². The van der Waals surface area contributed by atoms with Crippen molar-refractivity contribution in [2.45, 2.75) is 31.0 Å². The van der Waals surface area contributed by atoms with E-state index >= 15 is 0 Å². The molecule has 0 bridgehead atoms. The number of thioether (sulfide) groups is 1. The largest absolute Gasteiger partial charge is 0.309 e. The predicted molar refractivity (Wildman–Crippen MR) is 101 cm³/mol. The Hall–Kier alpha value is -1.77. The van der Waals surface area contributed by atoms with Gasteiger partial charge in [0.1, 0.15) is 26.8 Å². The van der Waals surface area contributed by atoms with E-state index < -0.39 is 0 Å². The second kappa shape index (κ2) is 5.94. The molecule has 0 aliphatic rings. The summed E-state index contributed by atoms with van der Waals surface area (Å²) in [6, 6.07) is 2.03. The fraction of sp³-hybridized carbons (Fsp3) is 0.250. The van der Waals surface area contributed by atoms with Crippen LogP contribution in [0.4, 0.5) is 0 Å². The van der Waals surface area contributed by atoms with Gasteiger partial charge in [-0.1, -0.05) is 11.8 Å². The summed E-state index contributed by atoms with van der Waals surface area (Å²) in [5.41, 5.74) is 0.957. The highest BCUT2D eigenvalue weighted by Gasteiger charge is 2.17. The molecule has 0 aliphatic heterocycles. The van der Waals surface area contributed by atoms with E-state index in [0.29, 0.717) is 11.2 Å². The predicted octanol–water partition coefficient (Wildman–Crippen LogP) is 4.46. The Morgan fingerprint density at radius 2 is 2.08 bits per heavy atom. The molecule has 1 unspecified atom stereocenters. The molecule has 1 N–H and O–H groups in total. The zero-order chi connectivity index (χ0) is 16.8. The Morgan fingerprint density at radius 3 is 2.92 bits per heavy atom. The Morgan fingerprint density at radius 1 is 1.25 bits per heavy atom. The third kappa shape index (κ3) is 2.54. The SMILES string of the molecule is Cc1sc2nc(C(C)Sc3ncnc4sccc34)[nH]c(=O)c2c1C. The van der Waals surface area contributed by atoms with E-state index in [-0.39, 0.29) is 10.8 Å². The second-order valence-electron chi connectivity index (χ2n) is 5.49. The summed E-state index contributed by atoms with van der Waals surface area (Å²) in [6.45, 7) is 6.02. The average molecular weight is 375 g/mol. The van der Waals surface area contributed by atoms with E-state index in [0.717, 1.165) is 30.5 Å². The average Bonchev–Trinajstić information content (AvgIpc) is 3.13. The number of nitrogens with one attached hydrogen (secondary N) is 1. The van der Waals surface area contributed by atoms with Crippen molar-refractivity contribution < 1.29 is 0 Å². The van der Waals surface area contributed by atoms with E-state index in [4.69, 9.17) is 0 Å². The van der Waals surface area contributed by atoms with Gasteiger partial charge in [0.2, 0.25) is 0 Å². The Bertz CT molecular complexity index is 1110. The van der Waals surface area contributed by atoms with Crippen molar-refractivity contribution in [3.63, 3.8) is 0 Å². The molecule has 1 atom stereocenters. The third-order valence-electron chi connectivity index (χ3n) is 3.96. The zero-order valence-electron chi connectivity index (χ0n) is 13.3. The molecule has 4 heterocycles. The summed E-state index contributed by atoms with van der Waals surface area (Å²) in [4.78, 5) is 31.6. The van der Waals surface area contributed by atoms with Crippen LogP contribution in [0.2, 0.25) is 0 Å². The van der Waals surface area contributed by atoms with Crippen molar-refractivity contribution in [2.24, 2.45) is 0 Å². The van der Waals surface area contributed by atoms with E-state index in [1.54, 1.807) is 40.8 Å². The van der Waals surface area contributed by atoms with Gasteiger partial charge >= 0.3 is 0 Å². The Labute approximate surface area is 150 Å². The highest BCUT2D eigenvalue weighted by Crippen LogP contribution is 2.37. The van der Waals surface area contributed by atoms with E-state index in [9.17, 15) is 4.79 Å². The van der Waals surface area contributed by atoms with Gasteiger partial charge in [-0.15, -0.1) is 22.7 Å². The lowest BCUT2D eigenvalue weighted by molar-refractivity contribution is 0.921. The zero-order valence-corrected chi connectivity index (χ0v) is 15.7. The van der Waals surface area contributed by atoms with Crippen molar-refractivity contribution >= 4 is 54.9 Å². The third-order valence-corrected chi connectivity index (χ3v) is 7.00. The van der Waals surface area contributed by atoms with Crippen LogP contribution in [0, 0.1) is 13.8 Å². The maximum Gasteiger partial charge on any atom is 0.259 e. The van der Waals surface area contributed by atoms with Crippen LogP contribution in [0.5, 0.6) is 0 Å². The number of fused-ring (bicyclic) bond motifs is 2. The van der Waals surface area contributed by atoms with Gasteiger partial charge in [-0.3, -0.25) is 4.79 Å². The summed E-state index contributed by atoms with van der Waals surface area (Å²) >= 11 is 4.75. The maximum atomic E-state index is 12.4. The van der Waals surface area contributed by atoms with Crippen LogP contribution in [0.25, 0.3) is 20.4 Å². The molecule has 0 radical (unpaired) electrons. The fourth-order valence-corrected chi connectivity index (χ4v) is 5.34. The number of H-pyrrole nitrogens is 1. The molecule has 0 saturated heterocycles. The second-order valence-corrected chi connectivity index (χ2v) is 8.92. The van der Waals surface area contributed by atoms with E-state index in [2.05, 4.69) is 19.9 Å².